The molecule has 6 heteroatoms. The third-order valence-electron chi connectivity index (χ3n) is 5.28. The van der Waals surface area contributed by atoms with Gasteiger partial charge in [-0.15, -0.1) is 0 Å². The molecule has 6 nitrogen and oxygen atoms in total. The zero-order valence-corrected chi connectivity index (χ0v) is 17.0. The van der Waals surface area contributed by atoms with Crippen LogP contribution in [0.1, 0.15) is 34.5 Å². The number of esters is 1. The van der Waals surface area contributed by atoms with Crippen molar-refractivity contribution in [2.75, 3.05) is 40.0 Å². The molecule has 154 valence electrons. The van der Waals surface area contributed by atoms with Crippen LogP contribution in [0.2, 0.25) is 0 Å². The molecule has 2 aromatic rings. The largest absolute Gasteiger partial charge is 0.452 e. The monoisotopic (exact) mass is 396 g/mol. The van der Waals surface area contributed by atoms with Crippen molar-refractivity contribution in [1.29, 1.82) is 0 Å². The average Bonchev–Trinajstić information content (AvgIpc) is 2.78. The quantitative estimate of drug-likeness (QED) is 0.674. The van der Waals surface area contributed by atoms with Crippen LogP contribution in [0.5, 0.6) is 0 Å². The van der Waals surface area contributed by atoms with Crippen LogP contribution in [0.15, 0.2) is 54.6 Å². The number of amides is 1. The third-order valence-corrected chi connectivity index (χ3v) is 5.28. The summed E-state index contributed by atoms with van der Waals surface area (Å²) in [5.74, 6) is -0.726. The van der Waals surface area contributed by atoms with Crippen molar-refractivity contribution in [3.05, 3.63) is 71.3 Å². The van der Waals surface area contributed by atoms with Gasteiger partial charge in [0.1, 0.15) is 0 Å². The lowest BCUT2D eigenvalue weighted by Crippen LogP contribution is -2.35. The van der Waals surface area contributed by atoms with E-state index in [-0.39, 0.29) is 18.6 Å². The van der Waals surface area contributed by atoms with Gasteiger partial charge in [-0.3, -0.25) is 9.69 Å². The lowest BCUT2D eigenvalue weighted by Gasteiger charge is -2.26. The molecule has 0 radical (unpaired) electrons. The minimum absolute atomic E-state index is 0.0955. The van der Waals surface area contributed by atoms with Crippen LogP contribution in [0, 0.1) is 0 Å². The van der Waals surface area contributed by atoms with Gasteiger partial charge in [0.25, 0.3) is 5.91 Å². The molecule has 3 rings (SSSR count). The maximum atomic E-state index is 12.4. The smallest absolute Gasteiger partial charge is 0.338 e. The molecular weight excluding hydrogens is 368 g/mol. The van der Waals surface area contributed by atoms with E-state index in [2.05, 4.69) is 4.90 Å². The van der Waals surface area contributed by atoms with Gasteiger partial charge in [0, 0.05) is 26.7 Å². The van der Waals surface area contributed by atoms with Gasteiger partial charge in [0.15, 0.2) is 6.61 Å². The van der Waals surface area contributed by atoms with E-state index in [1.807, 2.05) is 49.4 Å². The zero-order valence-electron chi connectivity index (χ0n) is 17.0. The molecule has 0 N–H and O–H groups in total. The highest BCUT2D eigenvalue weighted by Crippen LogP contribution is 2.18. The fourth-order valence-corrected chi connectivity index (χ4v) is 3.25. The van der Waals surface area contributed by atoms with E-state index in [4.69, 9.17) is 9.47 Å². The Balaban J connectivity index is 1.48. The molecule has 2 aromatic carbocycles. The predicted octanol–water partition coefficient (Wildman–Crippen LogP) is 2.90. The van der Waals surface area contributed by atoms with Gasteiger partial charge in [-0.1, -0.05) is 42.5 Å². The van der Waals surface area contributed by atoms with E-state index < -0.39 is 5.97 Å². The maximum absolute atomic E-state index is 12.4. The summed E-state index contributed by atoms with van der Waals surface area (Å²) < 4.78 is 10.6. The number of carbonyl (C=O) groups excluding carboxylic acids is 2. The van der Waals surface area contributed by atoms with Crippen LogP contribution in [0.25, 0.3) is 0 Å². The Kier molecular flexibility index (Phi) is 7.38. The molecule has 1 saturated heterocycles. The van der Waals surface area contributed by atoms with Gasteiger partial charge < -0.3 is 14.4 Å². The van der Waals surface area contributed by atoms with Gasteiger partial charge in [-0.05, 0) is 30.2 Å². The summed E-state index contributed by atoms with van der Waals surface area (Å²) in [4.78, 5) is 28.6. The number of hydrogen-bond acceptors (Lipinski definition) is 5. The summed E-state index contributed by atoms with van der Waals surface area (Å²) in [6, 6.07) is 17.0. The second-order valence-electron chi connectivity index (χ2n) is 7.25. The average molecular weight is 396 g/mol. The first kappa shape index (κ1) is 21.0. The molecule has 1 aliphatic rings. The summed E-state index contributed by atoms with van der Waals surface area (Å²) in [6.07, 6.45) is 0. The number of likely N-dealkylation sites (N-methyl/N-ethyl adjacent to an activating group) is 1. The molecule has 0 spiro atoms. The SMILES string of the molecule is C[C@@H](c1ccccc1)N(C)C(=O)COC(=O)c1ccc(CN2CCOCC2)cc1. The normalized spacial score (nSPS) is 15.5. The van der Waals surface area contributed by atoms with E-state index in [9.17, 15) is 9.59 Å². The molecule has 0 aliphatic carbocycles. The molecule has 0 unspecified atom stereocenters. The highest BCUT2D eigenvalue weighted by atomic mass is 16.5. The van der Waals surface area contributed by atoms with Crippen LogP contribution >= 0.6 is 0 Å². The first-order valence-corrected chi connectivity index (χ1v) is 9.91. The van der Waals surface area contributed by atoms with Crippen LogP contribution in [0.4, 0.5) is 0 Å². The molecule has 1 atom stereocenters. The number of carbonyl (C=O) groups is 2. The van der Waals surface area contributed by atoms with Crippen LogP contribution < -0.4 is 0 Å². The number of benzene rings is 2. The minimum Gasteiger partial charge on any atom is -0.452 e. The Morgan fingerprint density at radius 1 is 1.07 bits per heavy atom. The van der Waals surface area contributed by atoms with Gasteiger partial charge in [0.2, 0.25) is 0 Å². The van der Waals surface area contributed by atoms with E-state index in [1.54, 1.807) is 24.1 Å². The Bertz CT molecular complexity index is 801. The lowest BCUT2D eigenvalue weighted by atomic mass is 10.1. The molecule has 0 aromatic heterocycles. The summed E-state index contributed by atoms with van der Waals surface area (Å²) in [5.41, 5.74) is 2.61. The summed E-state index contributed by atoms with van der Waals surface area (Å²) in [7, 11) is 1.72. The Hall–Kier alpha value is -2.70. The standard InChI is InChI=1S/C23H28N2O4/c1-18(20-6-4-3-5-7-20)24(2)22(26)17-29-23(27)21-10-8-19(9-11-21)16-25-12-14-28-15-13-25/h3-11,18H,12-17H2,1-2H3/t18-/m0/s1. The summed E-state index contributed by atoms with van der Waals surface area (Å²) in [6.45, 7) is 5.86. The predicted molar refractivity (Wildman–Crippen MR) is 110 cm³/mol. The van der Waals surface area contributed by atoms with Crippen molar-refractivity contribution < 1.29 is 19.1 Å². The summed E-state index contributed by atoms with van der Waals surface area (Å²) in [5, 5.41) is 0. The Morgan fingerprint density at radius 2 is 1.72 bits per heavy atom. The lowest BCUT2D eigenvalue weighted by molar-refractivity contribution is -0.135. The molecule has 29 heavy (non-hydrogen) atoms. The number of nitrogens with zero attached hydrogens (tertiary/aromatic N) is 2. The van der Waals surface area contributed by atoms with E-state index in [0.717, 1.165) is 44.0 Å². The van der Waals surface area contributed by atoms with Crippen LogP contribution in [-0.4, -0.2) is 61.6 Å². The molecule has 1 heterocycles. The molecule has 1 aliphatic heterocycles. The second kappa shape index (κ2) is 10.2. The highest BCUT2D eigenvalue weighted by Gasteiger charge is 2.19. The molecule has 1 fully saturated rings. The molecule has 0 bridgehead atoms. The molecular formula is C23H28N2O4. The van der Waals surface area contributed by atoms with Crippen molar-refractivity contribution in [1.82, 2.24) is 9.80 Å². The fraction of sp³-hybridized carbons (Fsp3) is 0.391. The first-order chi connectivity index (χ1) is 14.0. The highest BCUT2D eigenvalue weighted by molar-refractivity contribution is 5.91. The maximum Gasteiger partial charge on any atom is 0.338 e. The number of hydrogen-bond donors (Lipinski definition) is 0. The third kappa shape index (κ3) is 5.89. The van der Waals surface area contributed by atoms with E-state index in [0.29, 0.717) is 5.56 Å². The Morgan fingerprint density at radius 3 is 2.38 bits per heavy atom. The van der Waals surface area contributed by atoms with Crippen molar-refractivity contribution in [2.45, 2.75) is 19.5 Å². The Labute approximate surface area is 172 Å². The molecule has 0 saturated carbocycles. The van der Waals surface area contributed by atoms with Gasteiger partial charge in [-0.25, -0.2) is 4.79 Å². The van der Waals surface area contributed by atoms with E-state index in [1.165, 1.54) is 0 Å². The molecule has 1 amide bonds. The van der Waals surface area contributed by atoms with Crippen molar-refractivity contribution in [3.8, 4) is 0 Å². The van der Waals surface area contributed by atoms with Crippen molar-refractivity contribution in [2.24, 2.45) is 0 Å². The van der Waals surface area contributed by atoms with Gasteiger partial charge in [0.05, 0.1) is 24.8 Å². The first-order valence-electron chi connectivity index (χ1n) is 9.91. The second-order valence-corrected chi connectivity index (χ2v) is 7.25. The van der Waals surface area contributed by atoms with Gasteiger partial charge in [-0.2, -0.15) is 0 Å². The van der Waals surface area contributed by atoms with Gasteiger partial charge >= 0.3 is 5.97 Å². The van der Waals surface area contributed by atoms with Crippen LogP contribution in [-0.2, 0) is 20.8 Å². The van der Waals surface area contributed by atoms with Crippen molar-refractivity contribution in [3.63, 3.8) is 0 Å². The summed E-state index contributed by atoms with van der Waals surface area (Å²) >= 11 is 0. The number of ether oxygens (including phenoxy) is 2. The number of morpholine rings is 1. The van der Waals surface area contributed by atoms with Crippen molar-refractivity contribution >= 4 is 11.9 Å². The fourth-order valence-electron chi connectivity index (χ4n) is 3.25. The zero-order chi connectivity index (χ0) is 20.6. The van der Waals surface area contributed by atoms with Crippen LogP contribution in [0.3, 0.4) is 0 Å². The minimum atomic E-state index is -0.489. The van der Waals surface area contributed by atoms with E-state index >= 15 is 0 Å². The number of rotatable bonds is 7. The topological polar surface area (TPSA) is 59.1 Å².